The molecule has 5 nitrogen and oxygen atoms in total. The van der Waals surface area contributed by atoms with E-state index in [1.165, 1.54) is 11.0 Å². The van der Waals surface area contributed by atoms with Crippen LogP contribution in [0.15, 0.2) is 36.1 Å². The highest BCUT2D eigenvalue weighted by Gasteiger charge is 2.34. The van der Waals surface area contributed by atoms with Crippen molar-refractivity contribution in [2.75, 3.05) is 6.54 Å². The van der Waals surface area contributed by atoms with Crippen molar-refractivity contribution >= 4 is 23.5 Å². The lowest BCUT2D eigenvalue weighted by Crippen LogP contribution is -2.43. The van der Waals surface area contributed by atoms with Crippen LogP contribution in [0, 0.1) is 5.92 Å². The Hall–Kier alpha value is -2.01. The Labute approximate surface area is 140 Å². The second-order valence-electron chi connectivity index (χ2n) is 5.71. The predicted molar refractivity (Wildman–Crippen MR) is 87.4 cm³/mol. The van der Waals surface area contributed by atoms with Crippen LogP contribution in [0.2, 0.25) is 5.02 Å². The van der Waals surface area contributed by atoms with Gasteiger partial charge in [-0.05, 0) is 24.5 Å². The molecule has 0 saturated heterocycles. The second-order valence-corrected chi connectivity index (χ2v) is 6.12. The van der Waals surface area contributed by atoms with Gasteiger partial charge in [0.2, 0.25) is 0 Å². The van der Waals surface area contributed by atoms with Gasteiger partial charge >= 0.3 is 5.97 Å². The summed E-state index contributed by atoms with van der Waals surface area (Å²) in [6, 6.07) is 6.10. The highest BCUT2D eigenvalue weighted by atomic mass is 35.5. The van der Waals surface area contributed by atoms with Crippen LogP contribution in [-0.2, 0) is 9.59 Å². The Balaban J connectivity index is 2.09. The van der Waals surface area contributed by atoms with Gasteiger partial charge in [-0.25, -0.2) is 4.79 Å². The van der Waals surface area contributed by atoms with Crippen LogP contribution in [0.4, 0.5) is 0 Å². The molecule has 1 heterocycles. The maximum atomic E-state index is 12.1. The van der Waals surface area contributed by atoms with Gasteiger partial charge in [-0.3, -0.25) is 4.79 Å². The second kappa shape index (κ2) is 7.51. The molecule has 0 fully saturated rings. The van der Waals surface area contributed by atoms with Gasteiger partial charge in [-0.1, -0.05) is 44.0 Å². The number of carboxylic acids is 1. The number of nitrogens with zero attached hydrogens (tertiary/aromatic N) is 1. The fraction of sp³-hybridized carbons (Fsp3) is 0.412. The van der Waals surface area contributed by atoms with E-state index in [0.717, 1.165) is 6.42 Å². The number of carbonyl (C=O) groups excluding carboxylic acids is 1. The Kier molecular flexibility index (Phi) is 5.66. The number of carbonyl (C=O) groups is 2. The number of rotatable bonds is 7. The minimum atomic E-state index is -0.994. The van der Waals surface area contributed by atoms with E-state index in [4.69, 9.17) is 16.3 Å². The zero-order chi connectivity index (χ0) is 17.0. The van der Waals surface area contributed by atoms with Crippen molar-refractivity contribution < 1.29 is 19.4 Å². The number of hydrogen-bond donors (Lipinski definition) is 1. The number of aliphatic carboxylic acids is 1. The average Bonchev–Trinajstić information content (AvgIpc) is 2.87. The van der Waals surface area contributed by atoms with Crippen LogP contribution in [-0.4, -0.2) is 34.5 Å². The normalized spacial score (nSPS) is 16.9. The number of ether oxygens (including phenoxy) is 1. The Morgan fingerprint density at radius 1 is 1.43 bits per heavy atom. The molecule has 0 unspecified atom stereocenters. The molecule has 2 rings (SSSR count). The van der Waals surface area contributed by atoms with Gasteiger partial charge in [0.15, 0.2) is 0 Å². The van der Waals surface area contributed by atoms with Crippen LogP contribution in [0.3, 0.4) is 0 Å². The van der Waals surface area contributed by atoms with Crippen LogP contribution in [0.5, 0.6) is 5.75 Å². The lowest BCUT2D eigenvalue weighted by Gasteiger charge is -2.26. The summed E-state index contributed by atoms with van der Waals surface area (Å²) in [4.78, 5) is 25.0. The molecule has 0 aliphatic carbocycles. The molecule has 124 valence electrons. The van der Waals surface area contributed by atoms with E-state index >= 15 is 0 Å². The van der Waals surface area contributed by atoms with Crippen molar-refractivity contribution in [3.8, 4) is 5.75 Å². The van der Waals surface area contributed by atoms with Crippen molar-refractivity contribution in [3.05, 3.63) is 41.1 Å². The van der Waals surface area contributed by atoms with Gasteiger partial charge in [0.25, 0.3) is 5.91 Å². The highest BCUT2D eigenvalue weighted by Crippen LogP contribution is 2.28. The predicted octanol–water partition coefficient (Wildman–Crippen LogP) is 3.33. The molecule has 1 aliphatic heterocycles. The Morgan fingerprint density at radius 2 is 2.13 bits per heavy atom. The Morgan fingerprint density at radius 3 is 2.74 bits per heavy atom. The van der Waals surface area contributed by atoms with Gasteiger partial charge in [-0.15, -0.1) is 0 Å². The summed E-state index contributed by atoms with van der Waals surface area (Å²) in [5, 5.41) is 9.88. The third kappa shape index (κ3) is 4.26. The Bertz CT molecular complexity index is 629. The summed E-state index contributed by atoms with van der Waals surface area (Å²) in [6.45, 7) is 4.11. The number of hydrogen-bond acceptors (Lipinski definition) is 3. The lowest BCUT2D eigenvalue weighted by molar-refractivity contribution is -0.148. The minimum Gasteiger partial charge on any atom is -0.480 e. The summed E-state index contributed by atoms with van der Waals surface area (Å²) in [5.74, 6) is -0.270. The highest BCUT2D eigenvalue weighted by molar-refractivity contribution is 6.32. The zero-order valence-corrected chi connectivity index (χ0v) is 13.9. The van der Waals surface area contributed by atoms with Crippen molar-refractivity contribution in [1.29, 1.82) is 0 Å². The zero-order valence-electron chi connectivity index (χ0n) is 13.2. The fourth-order valence-corrected chi connectivity index (χ4v) is 2.59. The number of halogens is 1. The first-order chi connectivity index (χ1) is 10.9. The molecule has 2 atom stereocenters. The van der Waals surface area contributed by atoms with Gasteiger partial charge in [0, 0.05) is 6.08 Å². The van der Waals surface area contributed by atoms with Crippen molar-refractivity contribution in [1.82, 2.24) is 4.90 Å². The van der Waals surface area contributed by atoms with Gasteiger partial charge in [0.05, 0.1) is 11.6 Å². The van der Waals surface area contributed by atoms with E-state index in [9.17, 15) is 14.7 Å². The van der Waals surface area contributed by atoms with Gasteiger partial charge < -0.3 is 14.7 Å². The van der Waals surface area contributed by atoms with Crippen LogP contribution >= 0.6 is 11.6 Å². The van der Waals surface area contributed by atoms with Crippen molar-refractivity contribution in [2.45, 2.75) is 32.7 Å². The monoisotopic (exact) mass is 337 g/mol. The number of benzene rings is 1. The van der Waals surface area contributed by atoms with E-state index in [1.54, 1.807) is 24.3 Å². The third-order valence-electron chi connectivity index (χ3n) is 3.96. The van der Waals surface area contributed by atoms with Crippen LogP contribution in [0.25, 0.3) is 0 Å². The van der Waals surface area contributed by atoms with E-state index < -0.39 is 12.0 Å². The lowest BCUT2D eigenvalue weighted by atomic mass is 9.98. The third-order valence-corrected chi connectivity index (χ3v) is 4.27. The summed E-state index contributed by atoms with van der Waals surface area (Å²) in [6.07, 6.45) is 2.61. The number of para-hydroxylation sites is 1. The molecular weight excluding hydrogens is 318 g/mol. The quantitative estimate of drug-likeness (QED) is 0.828. The summed E-state index contributed by atoms with van der Waals surface area (Å²) in [7, 11) is 0. The van der Waals surface area contributed by atoms with Crippen LogP contribution < -0.4 is 4.74 Å². The molecular formula is C17H20ClNO4. The largest absolute Gasteiger partial charge is 0.480 e. The van der Waals surface area contributed by atoms with Gasteiger partial charge in [-0.2, -0.15) is 0 Å². The SMILES string of the molecule is CC[C@@H](C)C[C@@H](C(=O)O)N1CC(Oc2ccccc2Cl)=CC1=O. The molecule has 23 heavy (non-hydrogen) atoms. The molecule has 0 saturated carbocycles. The summed E-state index contributed by atoms with van der Waals surface area (Å²) in [5.41, 5.74) is 0. The minimum absolute atomic E-state index is 0.136. The van der Waals surface area contributed by atoms with E-state index in [-0.39, 0.29) is 18.4 Å². The molecule has 6 heteroatoms. The standard InChI is InChI=1S/C17H20ClNO4/c1-3-11(2)8-14(17(21)22)19-10-12(9-16(19)20)23-15-7-5-4-6-13(15)18/h4-7,9,11,14H,3,8,10H2,1-2H3,(H,21,22)/t11-,14+/m1/s1. The first kappa shape index (κ1) is 17.3. The molecule has 0 bridgehead atoms. The number of carboxylic acid groups (broad SMARTS) is 1. The maximum Gasteiger partial charge on any atom is 0.326 e. The molecule has 1 aromatic carbocycles. The first-order valence-corrected chi connectivity index (χ1v) is 7.96. The van der Waals surface area contributed by atoms with Crippen LogP contribution in [0.1, 0.15) is 26.7 Å². The first-order valence-electron chi connectivity index (χ1n) is 7.58. The smallest absolute Gasteiger partial charge is 0.326 e. The van der Waals surface area contributed by atoms with Gasteiger partial charge in [0.1, 0.15) is 17.6 Å². The molecule has 0 aromatic heterocycles. The van der Waals surface area contributed by atoms with Crippen molar-refractivity contribution in [3.63, 3.8) is 0 Å². The summed E-state index contributed by atoms with van der Waals surface area (Å²) < 4.78 is 5.64. The van der Waals surface area contributed by atoms with E-state index in [0.29, 0.717) is 23.0 Å². The van der Waals surface area contributed by atoms with E-state index in [2.05, 4.69) is 0 Å². The number of amides is 1. The average molecular weight is 338 g/mol. The fourth-order valence-electron chi connectivity index (χ4n) is 2.42. The van der Waals surface area contributed by atoms with E-state index in [1.807, 2.05) is 13.8 Å². The topological polar surface area (TPSA) is 66.8 Å². The maximum absolute atomic E-state index is 12.1. The molecule has 1 aliphatic rings. The molecule has 0 spiro atoms. The summed E-state index contributed by atoms with van der Waals surface area (Å²) >= 11 is 6.03. The molecule has 1 aromatic rings. The molecule has 0 radical (unpaired) electrons. The molecule has 1 amide bonds. The van der Waals surface area contributed by atoms with Crippen molar-refractivity contribution in [2.24, 2.45) is 5.92 Å². The molecule has 1 N–H and O–H groups in total.